The van der Waals surface area contributed by atoms with Gasteiger partial charge in [-0.25, -0.2) is 8.78 Å². The minimum absolute atomic E-state index is 0.384. The molecule has 2 rings (SSSR count). The van der Waals surface area contributed by atoms with E-state index in [2.05, 4.69) is 11.8 Å². The number of likely N-dealkylation sites (tertiary alicyclic amines) is 2. The number of hydrogen-bond donors (Lipinski definition) is 0. The maximum absolute atomic E-state index is 13.9. The highest BCUT2D eigenvalue weighted by molar-refractivity contribution is 4.88. The van der Waals surface area contributed by atoms with Gasteiger partial charge in [-0.2, -0.15) is 0 Å². The van der Waals surface area contributed by atoms with E-state index in [1.165, 1.54) is 12.8 Å². The third-order valence-corrected chi connectivity index (χ3v) is 4.25. The summed E-state index contributed by atoms with van der Waals surface area (Å²) >= 11 is 0. The molecule has 2 aliphatic heterocycles. The average molecular weight is 246 g/mol. The molecule has 0 saturated carbocycles. The van der Waals surface area contributed by atoms with Crippen LogP contribution >= 0.6 is 0 Å². The first-order chi connectivity index (χ1) is 8.06. The third-order valence-electron chi connectivity index (χ3n) is 4.25. The van der Waals surface area contributed by atoms with Gasteiger partial charge in [-0.3, -0.25) is 0 Å². The van der Waals surface area contributed by atoms with Crippen molar-refractivity contribution in [2.75, 3.05) is 39.8 Å². The van der Waals surface area contributed by atoms with Crippen molar-refractivity contribution in [2.24, 2.45) is 11.8 Å². The lowest BCUT2D eigenvalue weighted by atomic mass is 9.91. The molecule has 0 spiro atoms. The zero-order valence-corrected chi connectivity index (χ0v) is 10.9. The van der Waals surface area contributed by atoms with Crippen molar-refractivity contribution in [1.29, 1.82) is 0 Å². The van der Waals surface area contributed by atoms with Gasteiger partial charge in [0.1, 0.15) is 12.3 Å². The fourth-order valence-corrected chi connectivity index (χ4v) is 2.94. The number of halogens is 2. The summed E-state index contributed by atoms with van der Waals surface area (Å²) in [6.07, 6.45) is 0.312. The predicted molar refractivity (Wildman–Crippen MR) is 65.6 cm³/mol. The second-order valence-corrected chi connectivity index (χ2v) is 5.90. The van der Waals surface area contributed by atoms with E-state index in [9.17, 15) is 8.78 Å². The van der Waals surface area contributed by atoms with Crippen LogP contribution in [0.3, 0.4) is 0 Å². The van der Waals surface area contributed by atoms with Crippen LogP contribution in [0.1, 0.15) is 19.8 Å². The van der Waals surface area contributed by atoms with Gasteiger partial charge < -0.3 is 9.80 Å². The van der Waals surface area contributed by atoms with E-state index in [-0.39, 0.29) is 0 Å². The standard InChI is InChI=1S/C13H24F2N2/c1-10-3-5-17(6-4-10)7-11-12(14)8-16(2)9-13(11)15/h10-13H,3-9H2,1-2H3. The normalized spacial score (nSPS) is 38.5. The summed E-state index contributed by atoms with van der Waals surface area (Å²) in [6.45, 7) is 5.64. The van der Waals surface area contributed by atoms with Crippen molar-refractivity contribution < 1.29 is 8.78 Å². The van der Waals surface area contributed by atoms with Crippen molar-refractivity contribution in [3.63, 3.8) is 0 Å². The second-order valence-electron chi connectivity index (χ2n) is 5.90. The smallest absolute Gasteiger partial charge is 0.120 e. The summed E-state index contributed by atoms with van der Waals surface area (Å²) in [7, 11) is 1.79. The highest BCUT2D eigenvalue weighted by Gasteiger charge is 2.37. The van der Waals surface area contributed by atoms with Crippen LogP contribution in [0.25, 0.3) is 0 Å². The van der Waals surface area contributed by atoms with Crippen LogP contribution in [0.15, 0.2) is 0 Å². The van der Waals surface area contributed by atoms with E-state index in [1.807, 2.05) is 0 Å². The highest BCUT2D eigenvalue weighted by atomic mass is 19.1. The molecule has 0 aliphatic carbocycles. The van der Waals surface area contributed by atoms with Gasteiger partial charge in [0.05, 0.1) is 0 Å². The van der Waals surface area contributed by atoms with Gasteiger partial charge in [-0.1, -0.05) is 6.92 Å². The second kappa shape index (κ2) is 5.61. The maximum Gasteiger partial charge on any atom is 0.120 e. The molecule has 2 atom stereocenters. The van der Waals surface area contributed by atoms with Crippen LogP contribution in [0.2, 0.25) is 0 Å². The Bertz CT molecular complexity index is 230. The highest BCUT2D eigenvalue weighted by Crippen LogP contribution is 2.26. The molecule has 0 aromatic rings. The summed E-state index contributed by atoms with van der Waals surface area (Å²) in [5.74, 6) is 0.352. The summed E-state index contributed by atoms with van der Waals surface area (Å²) in [6, 6.07) is 0. The Morgan fingerprint density at radius 2 is 1.59 bits per heavy atom. The van der Waals surface area contributed by atoms with Crippen molar-refractivity contribution in [3.8, 4) is 0 Å². The van der Waals surface area contributed by atoms with Gasteiger partial charge >= 0.3 is 0 Å². The topological polar surface area (TPSA) is 6.48 Å². The number of piperidine rings is 2. The molecular weight excluding hydrogens is 222 g/mol. The van der Waals surface area contributed by atoms with E-state index in [0.717, 1.165) is 19.0 Å². The molecule has 4 heteroatoms. The molecule has 2 fully saturated rings. The van der Waals surface area contributed by atoms with E-state index in [1.54, 1.807) is 11.9 Å². The summed E-state index contributed by atoms with van der Waals surface area (Å²) < 4.78 is 27.7. The Morgan fingerprint density at radius 3 is 2.12 bits per heavy atom. The fourth-order valence-electron chi connectivity index (χ4n) is 2.94. The van der Waals surface area contributed by atoms with Crippen molar-refractivity contribution in [2.45, 2.75) is 32.1 Å². The monoisotopic (exact) mass is 246 g/mol. The molecule has 17 heavy (non-hydrogen) atoms. The van der Waals surface area contributed by atoms with Gasteiger partial charge in [0, 0.05) is 25.6 Å². The largest absolute Gasteiger partial charge is 0.303 e. The van der Waals surface area contributed by atoms with Gasteiger partial charge in [-0.15, -0.1) is 0 Å². The van der Waals surface area contributed by atoms with Gasteiger partial charge in [0.2, 0.25) is 0 Å². The molecule has 2 unspecified atom stereocenters. The maximum atomic E-state index is 13.9. The Labute approximate surface area is 103 Å². The first-order valence-electron chi connectivity index (χ1n) is 6.75. The Balaban J connectivity index is 1.85. The number of rotatable bonds is 2. The molecule has 0 bridgehead atoms. The van der Waals surface area contributed by atoms with Crippen LogP contribution in [0, 0.1) is 11.8 Å². The Hall–Kier alpha value is -0.220. The number of hydrogen-bond acceptors (Lipinski definition) is 2. The Morgan fingerprint density at radius 1 is 1.06 bits per heavy atom. The molecular formula is C13H24F2N2. The zero-order valence-electron chi connectivity index (χ0n) is 10.9. The summed E-state index contributed by atoms with van der Waals surface area (Å²) in [4.78, 5) is 4.00. The minimum atomic E-state index is -1.01. The van der Waals surface area contributed by atoms with Crippen LogP contribution in [0.5, 0.6) is 0 Å². The van der Waals surface area contributed by atoms with E-state index < -0.39 is 18.3 Å². The first kappa shape index (κ1) is 13.2. The zero-order chi connectivity index (χ0) is 12.4. The summed E-state index contributed by atoms with van der Waals surface area (Å²) in [5.41, 5.74) is 0. The molecule has 0 aromatic heterocycles. The predicted octanol–water partition coefficient (Wildman–Crippen LogP) is 1.96. The molecule has 2 aliphatic rings. The van der Waals surface area contributed by atoms with Crippen LogP contribution in [-0.4, -0.2) is 61.9 Å². The van der Waals surface area contributed by atoms with Gasteiger partial charge in [-0.05, 0) is 38.9 Å². The lowest BCUT2D eigenvalue weighted by Gasteiger charge is -2.39. The van der Waals surface area contributed by atoms with Crippen molar-refractivity contribution in [3.05, 3.63) is 0 Å². The molecule has 0 amide bonds. The Kier molecular flexibility index (Phi) is 4.36. The molecule has 0 N–H and O–H groups in total. The average Bonchev–Trinajstić information content (AvgIpc) is 2.26. The van der Waals surface area contributed by atoms with Gasteiger partial charge in [0.15, 0.2) is 0 Å². The van der Waals surface area contributed by atoms with E-state index in [0.29, 0.717) is 19.6 Å². The van der Waals surface area contributed by atoms with E-state index in [4.69, 9.17) is 0 Å². The molecule has 2 heterocycles. The fraction of sp³-hybridized carbons (Fsp3) is 1.00. The third kappa shape index (κ3) is 3.38. The molecule has 2 nitrogen and oxygen atoms in total. The van der Waals surface area contributed by atoms with Crippen LogP contribution in [0.4, 0.5) is 8.78 Å². The number of alkyl halides is 2. The quantitative estimate of drug-likeness (QED) is 0.735. The minimum Gasteiger partial charge on any atom is -0.303 e. The molecule has 0 aromatic carbocycles. The lowest BCUT2D eigenvalue weighted by Crippen LogP contribution is -2.52. The molecule has 0 radical (unpaired) electrons. The summed E-state index contributed by atoms with van der Waals surface area (Å²) in [5, 5.41) is 0. The van der Waals surface area contributed by atoms with Crippen LogP contribution < -0.4 is 0 Å². The van der Waals surface area contributed by atoms with Gasteiger partial charge in [0.25, 0.3) is 0 Å². The molecule has 2 saturated heterocycles. The lowest BCUT2D eigenvalue weighted by molar-refractivity contribution is 0.00429. The van der Waals surface area contributed by atoms with Crippen LogP contribution in [-0.2, 0) is 0 Å². The number of nitrogens with zero attached hydrogens (tertiary/aromatic N) is 2. The van der Waals surface area contributed by atoms with Crippen molar-refractivity contribution in [1.82, 2.24) is 9.80 Å². The first-order valence-corrected chi connectivity index (χ1v) is 6.75. The molecule has 100 valence electrons. The van der Waals surface area contributed by atoms with E-state index >= 15 is 0 Å². The van der Waals surface area contributed by atoms with Crippen molar-refractivity contribution >= 4 is 0 Å². The SMILES string of the molecule is CC1CCN(CC2C(F)CN(C)CC2F)CC1.